The number of hydrogen-bond donors (Lipinski definition) is 1. The Kier molecular flexibility index (Phi) is 7.34. The van der Waals surface area contributed by atoms with E-state index in [2.05, 4.69) is 62.5 Å². The minimum atomic E-state index is -0.258. The molecule has 1 saturated heterocycles. The first-order valence-corrected chi connectivity index (χ1v) is 12.7. The zero-order valence-electron chi connectivity index (χ0n) is 20.1. The Labute approximate surface area is 209 Å². The highest BCUT2D eigenvalue weighted by atomic mass is 32.1. The van der Waals surface area contributed by atoms with Crippen molar-refractivity contribution in [3.63, 3.8) is 0 Å². The second-order valence-corrected chi connectivity index (χ2v) is 10.1. The zero-order chi connectivity index (χ0) is 24.2. The van der Waals surface area contributed by atoms with Crippen molar-refractivity contribution in [2.75, 3.05) is 52.3 Å². The molecule has 35 heavy (non-hydrogen) atoms. The van der Waals surface area contributed by atoms with E-state index in [1.54, 1.807) is 36.9 Å². The van der Waals surface area contributed by atoms with Gasteiger partial charge in [-0.05, 0) is 41.9 Å². The van der Waals surface area contributed by atoms with Crippen LogP contribution < -0.4 is 5.32 Å². The van der Waals surface area contributed by atoms with Crippen molar-refractivity contribution < 1.29 is 9.13 Å². The van der Waals surface area contributed by atoms with Gasteiger partial charge in [-0.15, -0.1) is 11.3 Å². The molecule has 182 valence electrons. The van der Waals surface area contributed by atoms with E-state index >= 15 is 0 Å². The zero-order valence-corrected chi connectivity index (χ0v) is 20.9. The number of likely N-dealkylation sites (N-methyl/N-ethyl adjacent to an activating group) is 1. The highest BCUT2D eigenvalue weighted by Crippen LogP contribution is 2.36. The third-order valence-electron chi connectivity index (χ3n) is 6.47. The number of aromatic nitrogens is 2. The molecule has 1 N–H and O–H groups in total. The van der Waals surface area contributed by atoms with E-state index < -0.39 is 0 Å². The standard InChI is InChI=1S/C27H30FN5OS/c1-32-11-13-33(14-12-32)16-19-3-5-21(6-4-19)25-15-23-26(35-25)27(30-18-29-23)31-24(17-34-2)20-7-9-22(28)10-8-20/h3-10,15,18,24H,11-14,16-17H2,1-2H3,(H,29,30,31)/t24-/m1/s1. The maximum absolute atomic E-state index is 13.4. The number of methoxy groups -OCH3 is 1. The van der Waals surface area contributed by atoms with E-state index in [-0.39, 0.29) is 11.9 Å². The Bertz CT molecular complexity index is 1250. The second-order valence-electron chi connectivity index (χ2n) is 9.03. The van der Waals surface area contributed by atoms with Gasteiger partial charge >= 0.3 is 0 Å². The van der Waals surface area contributed by atoms with Crippen LogP contribution >= 0.6 is 11.3 Å². The monoisotopic (exact) mass is 491 g/mol. The summed E-state index contributed by atoms with van der Waals surface area (Å²) >= 11 is 1.67. The third kappa shape index (κ3) is 5.67. The minimum Gasteiger partial charge on any atom is -0.382 e. The van der Waals surface area contributed by atoms with E-state index in [1.807, 2.05) is 0 Å². The lowest BCUT2D eigenvalue weighted by Crippen LogP contribution is -2.43. The molecule has 1 aliphatic heterocycles. The maximum Gasteiger partial charge on any atom is 0.148 e. The highest BCUT2D eigenvalue weighted by molar-refractivity contribution is 7.22. The van der Waals surface area contributed by atoms with Gasteiger partial charge in [0.1, 0.15) is 18.0 Å². The molecule has 0 bridgehead atoms. The summed E-state index contributed by atoms with van der Waals surface area (Å²) in [5.74, 6) is 0.496. The molecular weight excluding hydrogens is 461 g/mol. The van der Waals surface area contributed by atoms with Crippen molar-refractivity contribution in [3.05, 3.63) is 77.9 Å². The van der Waals surface area contributed by atoms with Gasteiger partial charge in [0.05, 0.1) is 22.9 Å². The number of fused-ring (bicyclic) bond motifs is 1. The van der Waals surface area contributed by atoms with Gasteiger partial charge < -0.3 is 15.0 Å². The predicted octanol–water partition coefficient (Wildman–Crippen LogP) is 5.04. The molecule has 2 aromatic heterocycles. The van der Waals surface area contributed by atoms with Crippen molar-refractivity contribution in [1.29, 1.82) is 0 Å². The average Bonchev–Trinajstić information content (AvgIpc) is 3.32. The SMILES string of the molecule is COC[C@@H](Nc1ncnc2cc(-c3ccc(CN4CCN(C)CC4)cc3)sc12)c1ccc(F)cc1. The first-order chi connectivity index (χ1) is 17.1. The van der Waals surface area contributed by atoms with E-state index in [0.29, 0.717) is 6.61 Å². The lowest BCUT2D eigenvalue weighted by atomic mass is 10.1. The number of nitrogens with zero attached hydrogens (tertiary/aromatic N) is 4. The maximum atomic E-state index is 13.4. The van der Waals surface area contributed by atoms with Crippen LogP contribution in [0.4, 0.5) is 10.2 Å². The normalized spacial score (nSPS) is 16.0. The van der Waals surface area contributed by atoms with Gasteiger partial charge in [-0.2, -0.15) is 0 Å². The summed E-state index contributed by atoms with van der Waals surface area (Å²) in [5.41, 5.74) is 4.35. The van der Waals surface area contributed by atoms with Gasteiger partial charge in [0.2, 0.25) is 0 Å². The molecule has 2 aromatic carbocycles. The Morgan fingerprint density at radius 3 is 2.49 bits per heavy atom. The van der Waals surface area contributed by atoms with Gasteiger partial charge in [0.25, 0.3) is 0 Å². The summed E-state index contributed by atoms with van der Waals surface area (Å²) in [6.45, 7) is 5.91. The van der Waals surface area contributed by atoms with Crippen LogP contribution in [0.15, 0.2) is 60.9 Å². The summed E-state index contributed by atoms with van der Waals surface area (Å²) in [6.07, 6.45) is 1.58. The molecule has 1 fully saturated rings. The molecule has 0 aliphatic carbocycles. The quantitative estimate of drug-likeness (QED) is 0.373. The first kappa shape index (κ1) is 23.8. The van der Waals surface area contributed by atoms with E-state index in [4.69, 9.17) is 4.74 Å². The van der Waals surface area contributed by atoms with Gasteiger partial charge in [-0.25, -0.2) is 14.4 Å². The number of nitrogens with one attached hydrogen (secondary N) is 1. The first-order valence-electron chi connectivity index (χ1n) is 11.8. The molecular formula is C27H30FN5OS. The number of ether oxygens (including phenoxy) is 1. The molecule has 6 nitrogen and oxygen atoms in total. The molecule has 3 heterocycles. The Hall–Kier alpha value is -2.91. The molecule has 0 amide bonds. The average molecular weight is 492 g/mol. The lowest BCUT2D eigenvalue weighted by molar-refractivity contribution is 0.148. The van der Waals surface area contributed by atoms with Crippen LogP contribution in [-0.4, -0.2) is 66.7 Å². The number of anilines is 1. The minimum absolute atomic E-state index is 0.155. The van der Waals surface area contributed by atoms with Crippen LogP contribution in [0.3, 0.4) is 0 Å². The van der Waals surface area contributed by atoms with Crippen molar-refractivity contribution in [2.24, 2.45) is 0 Å². The number of halogens is 1. The molecule has 5 rings (SSSR count). The third-order valence-corrected chi connectivity index (χ3v) is 7.65. The van der Waals surface area contributed by atoms with Gasteiger partial charge in [-0.1, -0.05) is 36.4 Å². The smallest absolute Gasteiger partial charge is 0.148 e. The van der Waals surface area contributed by atoms with Gasteiger partial charge in [0, 0.05) is 44.7 Å². The topological polar surface area (TPSA) is 53.5 Å². The van der Waals surface area contributed by atoms with Crippen LogP contribution in [0.2, 0.25) is 0 Å². The van der Waals surface area contributed by atoms with Crippen LogP contribution in [0.25, 0.3) is 20.7 Å². The fourth-order valence-corrected chi connectivity index (χ4v) is 5.45. The van der Waals surface area contributed by atoms with Crippen LogP contribution in [0.1, 0.15) is 17.2 Å². The molecule has 0 unspecified atom stereocenters. The Balaban J connectivity index is 1.35. The van der Waals surface area contributed by atoms with Crippen molar-refractivity contribution in [2.45, 2.75) is 12.6 Å². The Morgan fingerprint density at radius 2 is 1.77 bits per heavy atom. The fourth-order valence-electron chi connectivity index (χ4n) is 4.39. The van der Waals surface area contributed by atoms with Crippen molar-refractivity contribution >= 4 is 27.4 Å². The van der Waals surface area contributed by atoms with Gasteiger partial charge in [0.15, 0.2) is 0 Å². The summed E-state index contributed by atoms with van der Waals surface area (Å²) in [4.78, 5) is 15.1. The van der Waals surface area contributed by atoms with Crippen molar-refractivity contribution in [1.82, 2.24) is 19.8 Å². The summed E-state index contributed by atoms with van der Waals surface area (Å²) < 4.78 is 19.8. The van der Waals surface area contributed by atoms with Crippen LogP contribution in [0.5, 0.6) is 0 Å². The van der Waals surface area contributed by atoms with Crippen LogP contribution in [-0.2, 0) is 11.3 Å². The van der Waals surface area contributed by atoms with E-state index in [9.17, 15) is 4.39 Å². The van der Waals surface area contributed by atoms with E-state index in [0.717, 1.165) is 59.2 Å². The number of thiophene rings is 1. The molecule has 0 spiro atoms. The molecule has 0 saturated carbocycles. The lowest BCUT2D eigenvalue weighted by Gasteiger charge is -2.32. The molecule has 8 heteroatoms. The largest absolute Gasteiger partial charge is 0.382 e. The number of benzene rings is 2. The second kappa shape index (κ2) is 10.8. The predicted molar refractivity (Wildman–Crippen MR) is 140 cm³/mol. The summed E-state index contributed by atoms with van der Waals surface area (Å²) in [7, 11) is 3.84. The van der Waals surface area contributed by atoms with Gasteiger partial charge in [-0.3, -0.25) is 4.90 Å². The molecule has 4 aromatic rings. The number of rotatable bonds is 8. The summed E-state index contributed by atoms with van der Waals surface area (Å²) in [5, 5.41) is 3.48. The molecule has 1 aliphatic rings. The van der Waals surface area contributed by atoms with E-state index in [1.165, 1.54) is 23.3 Å². The molecule has 0 radical (unpaired) electrons. The highest BCUT2D eigenvalue weighted by Gasteiger charge is 2.17. The number of piperazine rings is 1. The fraction of sp³-hybridized carbons (Fsp3) is 0.333. The number of hydrogen-bond acceptors (Lipinski definition) is 7. The van der Waals surface area contributed by atoms with Crippen molar-refractivity contribution in [3.8, 4) is 10.4 Å². The molecule has 1 atom stereocenters. The summed E-state index contributed by atoms with van der Waals surface area (Å²) in [6, 6.07) is 17.3. The Morgan fingerprint density at radius 1 is 1.03 bits per heavy atom. The van der Waals surface area contributed by atoms with Crippen LogP contribution in [0, 0.1) is 5.82 Å².